The van der Waals surface area contributed by atoms with Crippen LogP contribution in [0.4, 0.5) is 5.69 Å². The third kappa shape index (κ3) is 3.23. The summed E-state index contributed by atoms with van der Waals surface area (Å²) in [5.41, 5.74) is 0.0841. The van der Waals surface area contributed by atoms with Crippen LogP contribution in [0.1, 0.15) is 0 Å². The lowest BCUT2D eigenvalue weighted by atomic mass is 10.3. The summed E-state index contributed by atoms with van der Waals surface area (Å²) in [5, 5.41) is 0.383. The summed E-state index contributed by atoms with van der Waals surface area (Å²) in [6.07, 6.45) is 0. The van der Waals surface area contributed by atoms with Crippen LogP contribution in [0.15, 0.2) is 18.2 Å². The van der Waals surface area contributed by atoms with Gasteiger partial charge in [0.25, 0.3) is 0 Å². The molecule has 1 aromatic rings. The summed E-state index contributed by atoms with van der Waals surface area (Å²) in [7, 11) is 1.09. The molecule has 0 atom stereocenters. The Morgan fingerprint density at radius 1 is 1.15 bits per heavy atom. The molecule has 1 rings (SSSR count). The number of benzene rings is 1. The van der Waals surface area contributed by atoms with Gasteiger partial charge in [0.1, 0.15) is 0 Å². The lowest BCUT2D eigenvalue weighted by Gasteiger charge is -2.05. The van der Waals surface area contributed by atoms with Gasteiger partial charge in [-0.3, -0.25) is 4.72 Å². The molecular weight excluding hydrogens is 256 g/mol. The summed E-state index contributed by atoms with van der Waals surface area (Å²) >= 11 is 11.3. The molecule has 72 valence electrons. The van der Waals surface area contributed by atoms with E-state index in [-0.39, 0.29) is 15.7 Å². The van der Waals surface area contributed by atoms with Gasteiger partial charge in [0.05, 0.1) is 15.7 Å². The molecule has 0 fully saturated rings. The normalized spacial score (nSPS) is 11.3. The summed E-state index contributed by atoms with van der Waals surface area (Å²) in [6, 6.07) is 4.59. The van der Waals surface area contributed by atoms with Crippen LogP contribution in [0.25, 0.3) is 0 Å². The summed E-state index contributed by atoms with van der Waals surface area (Å²) < 4.78 is 23.3. The van der Waals surface area contributed by atoms with Gasteiger partial charge in [0, 0.05) is 10.7 Å². The molecule has 0 aliphatic heterocycles. The van der Waals surface area contributed by atoms with E-state index in [4.69, 9.17) is 33.9 Å². The first-order chi connectivity index (χ1) is 5.90. The van der Waals surface area contributed by atoms with Gasteiger partial charge in [-0.1, -0.05) is 29.3 Å². The average molecular weight is 261 g/mol. The van der Waals surface area contributed by atoms with Gasteiger partial charge in [0.15, 0.2) is 0 Å². The van der Waals surface area contributed by atoms with Crippen molar-refractivity contribution in [2.24, 2.45) is 0 Å². The Morgan fingerprint density at radius 2 is 1.62 bits per heavy atom. The molecule has 0 spiro atoms. The Labute approximate surface area is 90.2 Å². The van der Waals surface area contributed by atoms with Crippen LogP contribution in [0.3, 0.4) is 0 Å². The van der Waals surface area contributed by atoms with Gasteiger partial charge in [-0.05, 0) is 12.1 Å². The molecule has 13 heavy (non-hydrogen) atoms. The van der Waals surface area contributed by atoms with Crippen molar-refractivity contribution in [3.8, 4) is 0 Å². The van der Waals surface area contributed by atoms with Crippen molar-refractivity contribution < 1.29 is 8.42 Å². The van der Waals surface area contributed by atoms with E-state index in [1.165, 1.54) is 12.1 Å². The Bertz CT molecular complexity index is 398. The lowest BCUT2D eigenvalue weighted by Crippen LogP contribution is -2.05. The van der Waals surface area contributed by atoms with Crippen molar-refractivity contribution in [3.05, 3.63) is 28.2 Å². The maximum absolute atomic E-state index is 10.6. The zero-order valence-electron chi connectivity index (χ0n) is 6.09. The highest BCUT2D eigenvalue weighted by Crippen LogP contribution is 2.30. The number of nitrogens with one attached hydrogen (secondary N) is 1. The molecule has 0 aliphatic carbocycles. The van der Waals surface area contributed by atoms with Gasteiger partial charge < -0.3 is 0 Å². The van der Waals surface area contributed by atoms with Crippen LogP contribution >= 0.6 is 33.9 Å². The van der Waals surface area contributed by atoms with Crippen LogP contribution in [0.2, 0.25) is 10.0 Å². The number of anilines is 1. The third-order valence-electron chi connectivity index (χ3n) is 1.19. The van der Waals surface area contributed by atoms with E-state index in [9.17, 15) is 8.42 Å². The SMILES string of the molecule is O=S(=O)(Cl)Nc1c(Cl)cccc1Cl. The highest BCUT2D eigenvalue weighted by Gasteiger charge is 2.11. The molecule has 0 aromatic heterocycles. The minimum Gasteiger partial charge on any atom is -0.268 e. The third-order valence-corrected chi connectivity index (χ3v) is 2.50. The van der Waals surface area contributed by atoms with Crippen molar-refractivity contribution in [2.75, 3.05) is 4.72 Å². The van der Waals surface area contributed by atoms with Crippen molar-refractivity contribution >= 4 is 48.8 Å². The van der Waals surface area contributed by atoms with Gasteiger partial charge in [-0.25, -0.2) is 0 Å². The smallest absolute Gasteiger partial charge is 0.268 e. The molecular formula is C6H4Cl3NO2S. The topological polar surface area (TPSA) is 46.2 Å². The lowest BCUT2D eigenvalue weighted by molar-refractivity contribution is 0.614. The Kier molecular flexibility index (Phi) is 3.29. The fourth-order valence-electron chi connectivity index (χ4n) is 0.717. The first-order valence-corrected chi connectivity index (χ1v) is 6.13. The molecule has 0 bridgehead atoms. The largest absolute Gasteiger partial charge is 0.319 e. The van der Waals surface area contributed by atoms with Crippen LogP contribution in [-0.4, -0.2) is 8.42 Å². The Morgan fingerprint density at radius 3 is 2.00 bits per heavy atom. The fourth-order valence-corrected chi connectivity index (χ4v) is 2.02. The molecule has 0 aliphatic rings. The summed E-state index contributed by atoms with van der Waals surface area (Å²) in [5.74, 6) is 0. The minimum absolute atomic E-state index is 0.0841. The van der Waals surface area contributed by atoms with Crippen LogP contribution in [-0.2, 0) is 9.24 Å². The first-order valence-electron chi connectivity index (χ1n) is 3.06. The Hall–Kier alpha value is -0.160. The molecule has 3 nitrogen and oxygen atoms in total. The first kappa shape index (κ1) is 10.9. The van der Waals surface area contributed by atoms with E-state index in [0.29, 0.717) is 0 Å². The van der Waals surface area contributed by atoms with Crippen molar-refractivity contribution in [3.63, 3.8) is 0 Å². The highest BCUT2D eigenvalue weighted by molar-refractivity contribution is 8.14. The average Bonchev–Trinajstić information content (AvgIpc) is 1.95. The standard InChI is InChI=1S/C6H4Cl3NO2S/c7-4-2-1-3-5(8)6(4)10-13(9,11)12/h1-3,10H. The predicted molar refractivity (Wildman–Crippen MR) is 54.9 cm³/mol. The fraction of sp³-hybridized carbons (Fsp3) is 0. The second-order valence-corrected chi connectivity index (χ2v) is 5.25. The molecule has 0 heterocycles. The number of hydrogen-bond donors (Lipinski definition) is 1. The van der Waals surface area contributed by atoms with E-state index in [2.05, 4.69) is 0 Å². The van der Waals surface area contributed by atoms with E-state index in [1.54, 1.807) is 6.07 Å². The second kappa shape index (κ2) is 3.92. The van der Waals surface area contributed by atoms with Gasteiger partial charge in [-0.15, -0.1) is 0 Å². The van der Waals surface area contributed by atoms with E-state index in [1.807, 2.05) is 4.72 Å². The van der Waals surface area contributed by atoms with E-state index < -0.39 is 9.24 Å². The molecule has 0 unspecified atom stereocenters. The van der Waals surface area contributed by atoms with Crippen molar-refractivity contribution in [1.29, 1.82) is 0 Å². The summed E-state index contributed by atoms with van der Waals surface area (Å²) in [6.45, 7) is 0. The molecule has 1 aromatic carbocycles. The highest BCUT2D eigenvalue weighted by atomic mass is 35.7. The molecule has 0 saturated carbocycles. The number of para-hydroxylation sites is 1. The Balaban J connectivity index is 3.15. The van der Waals surface area contributed by atoms with E-state index in [0.717, 1.165) is 0 Å². The summed E-state index contributed by atoms with van der Waals surface area (Å²) in [4.78, 5) is 0. The molecule has 0 amide bonds. The van der Waals surface area contributed by atoms with Gasteiger partial charge in [-0.2, -0.15) is 8.42 Å². The van der Waals surface area contributed by atoms with Crippen molar-refractivity contribution in [2.45, 2.75) is 0 Å². The van der Waals surface area contributed by atoms with Gasteiger partial charge >= 0.3 is 9.24 Å². The molecule has 1 N–H and O–H groups in total. The zero-order valence-corrected chi connectivity index (χ0v) is 9.17. The monoisotopic (exact) mass is 259 g/mol. The number of halogens is 3. The molecule has 0 saturated heterocycles. The van der Waals surface area contributed by atoms with E-state index >= 15 is 0 Å². The maximum Gasteiger partial charge on any atom is 0.319 e. The second-order valence-electron chi connectivity index (χ2n) is 2.14. The minimum atomic E-state index is -3.87. The molecule has 0 radical (unpaired) electrons. The van der Waals surface area contributed by atoms with Crippen LogP contribution in [0, 0.1) is 0 Å². The van der Waals surface area contributed by atoms with Crippen molar-refractivity contribution in [1.82, 2.24) is 0 Å². The maximum atomic E-state index is 10.6. The van der Waals surface area contributed by atoms with Crippen LogP contribution < -0.4 is 4.72 Å². The number of hydrogen-bond acceptors (Lipinski definition) is 2. The molecule has 7 heteroatoms. The van der Waals surface area contributed by atoms with Crippen LogP contribution in [0.5, 0.6) is 0 Å². The quantitative estimate of drug-likeness (QED) is 0.831. The van der Waals surface area contributed by atoms with Gasteiger partial charge in [0.2, 0.25) is 0 Å². The predicted octanol–water partition coefficient (Wildman–Crippen LogP) is 2.89. The zero-order chi connectivity index (χ0) is 10.1. The number of rotatable bonds is 2.